The van der Waals surface area contributed by atoms with Gasteiger partial charge in [0.2, 0.25) is 0 Å². The molecule has 1 saturated heterocycles. The molecule has 2 atom stereocenters. The molecule has 0 radical (unpaired) electrons. The first-order chi connectivity index (χ1) is 11.2. The van der Waals surface area contributed by atoms with Gasteiger partial charge in [-0.2, -0.15) is 5.10 Å². The van der Waals surface area contributed by atoms with Gasteiger partial charge in [0.1, 0.15) is 5.60 Å². The second kappa shape index (κ2) is 6.17. The number of esters is 1. The van der Waals surface area contributed by atoms with Crippen molar-refractivity contribution in [3.05, 3.63) is 18.0 Å². The van der Waals surface area contributed by atoms with E-state index in [9.17, 15) is 4.79 Å². The molecule has 1 aromatic rings. The van der Waals surface area contributed by atoms with Crippen molar-refractivity contribution in [2.45, 2.75) is 59.0 Å². The summed E-state index contributed by atoms with van der Waals surface area (Å²) in [6.45, 7) is 13.4. The maximum atomic E-state index is 12.4. The number of hydrogen-bond acceptors (Lipinski definition) is 4. The van der Waals surface area contributed by atoms with Crippen molar-refractivity contribution >= 4 is 5.97 Å². The van der Waals surface area contributed by atoms with E-state index in [0.29, 0.717) is 11.8 Å². The monoisotopic (exact) mass is 333 g/mol. The highest BCUT2D eigenvalue weighted by atomic mass is 16.6. The zero-order valence-corrected chi connectivity index (χ0v) is 15.6. The summed E-state index contributed by atoms with van der Waals surface area (Å²) in [5, 5.41) is 7.16. The quantitative estimate of drug-likeness (QED) is 0.860. The lowest BCUT2D eigenvalue weighted by Gasteiger charge is -2.31. The maximum Gasteiger partial charge on any atom is 0.310 e. The van der Waals surface area contributed by atoms with Crippen molar-refractivity contribution in [2.75, 3.05) is 19.6 Å². The van der Waals surface area contributed by atoms with Crippen LogP contribution in [0.4, 0.5) is 0 Å². The minimum Gasteiger partial charge on any atom is -0.460 e. The number of H-pyrrole nitrogens is 1. The molecule has 0 bridgehead atoms. The molecule has 1 aromatic heterocycles. The molecule has 1 aliphatic heterocycles. The molecule has 0 aromatic carbocycles. The molecule has 5 heteroatoms. The molecule has 0 unspecified atom stereocenters. The van der Waals surface area contributed by atoms with E-state index >= 15 is 0 Å². The largest absolute Gasteiger partial charge is 0.460 e. The van der Waals surface area contributed by atoms with E-state index in [4.69, 9.17) is 4.74 Å². The van der Waals surface area contributed by atoms with Crippen LogP contribution in [-0.2, 0) is 9.53 Å². The molecule has 2 aliphatic rings. The lowest BCUT2D eigenvalue weighted by molar-refractivity contribution is -0.157. The van der Waals surface area contributed by atoms with Crippen molar-refractivity contribution in [1.29, 1.82) is 0 Å². The molecule has 0 amide bonds. The van der Waals surface area contributed by atoms with Gasteiger partial charge in [-0.05, 0) is 64.1 Å². The standard InChI is InChI=1S/C19H31N3O2/c1-18(2,3)24-17(23)16-14(19(16,4)5)12-22-10-7-13(8-11-22)15-6-9-20-21-15/h6,9,13-14,16H,7-8,10-12H2,1-5H3,(H,20,21)/t14-,16+/m1/s1. The van der Waals surface area contributed by atoms with Crippen LogP contribution in [0.25, 0.3) is 0 Å². The molecule has 3 rings (SSSR count). The second-order valence-electron chi connectivity index (χ2n) is 9.03. The van der Waals surface area contributed by atoms with Crippen LogP contribution in [0.15, 0.2) is 12.3 Å². The van der Waals surface area contributed by atoms with Gasteiger partial charge in [0.25, 0.3) is 0 Å². The van der Waals surface area contributed by atoms with Gasteiger partial charge < -0.3 is 9.64 Å². The average Bonchev–Trinajstić information content (AvgIpc) is 2.87. The van der Waals surface area contributed by atoms with Gasteiger partial charge in [0.15, 0.2) is 0 Å². The highest BCUT2D eigenvalue weighted by Crippen LogP contribution is 2.59. The van der Waals surface area contributed by atoms with Crippen LogP contribution in [-0.4, -0.2) is 46.3 Å². The van der Waals surface area contributed by atoms with E-state index in [0.717, 1.165) is 32.5 Å². The number of carbonyl (C=O) groups is 1. The first-order valence-corrected chi connectivity index (χ1v) is 9.13. The number of rotatable bonds is 4. The third-order valence-corrected chi connectivity index (χ3v) is 5.72. The fourth-order valence-corrected chi connectivity index (χ4v) is 4.12. The Kier molecular flexibility index (Phi) is 4.49. The smallest absolute Gasteiger partial charge is 0.310 e. The fraction of sp³-hybridized carbons (Fsp3) is 0.789. The number of nitrogens with zero attached hydrogens (tertiary/aromatic N) is 2. The lowest BCUT2D eigenvalue weighted by Crippen LogP contribution is -2.35. The minimum absolute atomic E-state index is 0.0233. The number of aromatic nitrogens is 2. The molecule has 1 saturated carbocycles. The Labute approximate surface area is 145 Å². The first-order valence-electron chi connectivity index (χ1n) is 9.13. The minimum atomic E-state index is -0.400. The first kappa shape index (κ1) is 17.5. The van der Waals surface area contributed by atoms with Gasteiger partial charge in [0, 0.05) is 24.4 Å². The summed E-state index contributed by atoms with van der Waals surface area (Å²) in [6.07, 6.45) is 4.15. The highest BCUT2D eigenvalue weighted by Gasteiger charge is 2.63. The zero-order valence-electron chi connectivity index (χ0n) is 15.6. The van der Waals surface area contributed by atoms with Crippen LogP contribution in [0.1, 0.15) is 59.1 Å². The zero-order chi connectivity index (χ0) is 17.5. The number of piperidine rings is 1. The Morgan fingerprint density at radius 1 is 1.38 bits per heavy atom. The number of ether oxygens (including phenoxy) is 1. The van der Waals surface area contributed by atoms with Gasteiger partial charge in [0.05, 0.1) is 5.92 Å². The van der Waals surface area contributed by atoms with Gasteiger partial charge in [-0.3, -0.25) is 9.89 Å². The molecule has 0 spiro atoms. The summed E-state index contributed by atoms with van der Waals surface area (Å²) in [5.74, 6) is 1.03. The topological polar surface area (TPSA) is 58.2 Å². The molecule has 1 N–H and O–H groups in total. The van der Waals surface area contributed by atoms with E-state index in [1.54, 1.807) is 0 Å². The number of nitrogens with one attached hydrogen (secondary N) is 1. The Balaban J connectivity index is 1.51. The predicted octanol–water partition coefficient (Wildman–Crippen LogP) is 3.20. The lowest BCUT2D eigenvalue weighted by atomic mass is 9.93. The van der Waals surface area contributed by atoms with Crippen LogP contribution in [0, 0.1) is 17.3 Å². The number of likely N-dealkylation sites (tertiary alicyclic amines) is 1. The van der Waals surface area contributed by atoms with Crippen molar-refractivity contribution < 1.29 is 9.53 Å². The summed E-state index contributed by atoms with van der Waals surface area (Å²) in [7, 11) is 0. The van der Waals surface area contributed by atoms with Gasteiger partial charge >= 0.3 is 5.97 Å². The SMILES string of the molecule is CC(C)(C)OC(=O)[C@@H]1[C@@H](CN2CCC(c3ccn[nH]3)CC2)C1(C)C. The Morgan fingerprint density at radius 2 is 2.04 bits per heavy atom. The van der Waals surface area contributed by atoms with E-state index in [1.807, 2.05) is 27.0 Å². The summed E-state index contributed by atoms with van der Waals surface area (Å²) in [6, 6.07) is 2.09. The van der Waals surface area contributed by atoms with E-state index in [-0.39, 0.29) is 17.3 Å². The van der Waals surface area contributed by atoms with Crippen LogP contribution in [0.5, 0.6) is 0 Å². The Bertz CT molecular complexity index is 566. The Morgan fingerprint density at radius 3 is 2.58 bits per heavy atom. The number of hydrogen-bond donors (Lipinski definition) is 1. The molecular weight excluding hydrogens is 302 g/mol. The van der Waals surface area contributed by atoms with Crippen molar-refractivity contribution in [2.24, 2.45) is 17.3 Å². The van der Waals surface area contributed by atoms with Crippen molar-refractivity contribution in [3.63, 3.8) is 0 Å². The van der Waals surface area contributed by atoms with Crippen LogP contribution >= 0.6 is 0 Å². The maximum absolute atomic E-state index is 12.4. The molecule has 2 heterocycles. The van der Waals surface area contributed by atoms with Gasteiger partial charge in [-0.1, -0.05) is 13.8 Å². The highest BCUT2D eigenvalue weighted by molar-refractivity contribution is 5.78. The third-order valence-electron chi connectivity index (χ3n) is 5.72. The summed E-state index contributed by atoms with van der Waals surface area (Å²) < 4.78 is 5.61. The molecule has 24 heavy (non-hydrogen) atoms. The normalized spacial score (nSPS) is 27.9. The molecule has 1 aliphatic carbocycles. The average molecular weight is 333 g/mol. The van der Waals surface area contributed by atoms with Crippen LogP contribution < -0.4 is 0 Å². The molecule has 5 nitrogen and oxygen atoms in total. The van der Waals surface area contributed by atoms with Crippen LogP contribution in [0.3, 0.4) is 0 Å². The molecular formula is C19H31N3O2. The number of aromatic amines is 1. The molecule has 134 valence electrons. The van der Waals surface area contributed by atoms with Crippen LogP contribution in [0.2, 0.25) is 0 Å². The molecule has 2 fully saturated rings. The van der Waals surface area contributed by atoms with Gasteiger partial charge in [-0.15, -0.1) is 0 Å². The van der Waals surface area contributed by atoms with E-state index in [2.05, 4.69) is 35.0 Å². The summed E-state index contributed by atoms with van der Waals surface area (Å²) >= 11 is 0. The second-order valence-corrected chi connectivity index (χ2v) is 9.03. The van der Waals surface area contributed by atoms with Crippen molar-refractivity contribution in [1.82, 2.24) is 15.1 Å². The van der Waals surface area contributed by atoms with E-state index < -0.39 is 5.60 Å². The Hall–Kier alpha value is -1.36. The predicted molar refractivity (Wildman–Crippen MR) is 93.6 cm³/mol. The third kappa shape index (κ3) is 3.66. The van der Waals surface area contributed by atoms with Gasteiger partial charge in [-0.25, -0.2) is 0 Å². The van der Waals surface area contributed by atoms with E-state index in [1.165, 1.54) is 5.69 Å². The summed E-state index contributed by atoms with van der Waals surface area (Å²) in [5.41, 5.74) is 0.915. The summed E-state index contributed by atoms with van der Waals surface area (Å²) in [4.78, 5) is 15.0. The fourth-order valence-electron chi connectivity index (χ4n) is 4.12. The van der Waals surface area contributed by atoms with Crippen molar-refractivity contribution in [3.8, 4) is 0 Å². The number of carbonyl (C=O) groups excluding carboxylic acids is 1.